The van der Waals surface area contributed by atoms with E-state index in [1.165, 1.54) is 29.3 Å². The SMILES string of the molecule is O=C(CCc1cccc(OC2CCCC2)c1)Nc1ccc(F)c(S(=O)(=O)N2CCOCC2)c1. The number of rotatable bonds is 8. The minimum Gasteiger partial charge on any atom is -0.490 e. The zero-order valence-electron chi connectivity index (χ0n) is 18.5. The molecule has 0 aromatic heterocycles. The summed E-state index contributed by atoms with van der Waals surface area (Å²) >= 11 is 0. The Morgan fingerprint density at radius 2 is 1.88 bits per heavy atom. The van der Waals surface area contributed by atoms with Crippen molar-refractivity contribution < 1.29 is 27.1 Å². The highest BCUT2D eigenvalue weighted by molar-refractivity contribution is 7.89. The van der Waals surface area contributed by atoms with Crippen LogP contribution in [-0.4, -0.2) is 51.0 Å². The fourth-order valence-electron chi connectivity index (χ4n) is 4.16. The first-order chi connectivity index (χ1) is 15.9. The van der Waals surface area contributed by atoms with Gasteiger partial charge in [-0.15, -0.1) is 0 Å². The molecule has 2 aliphatic rings. The van der Waals surface area contributed by atoms with E-state index >= 15 is 0 Å². The number of amides is 1. The van der Waals surface area contributed by atoms with Gasteiger partial charge in [-0.2, -0.15) is 4.31 Å². The summed E-state index contributed by atoms with van der Waals surface area (Å²) in [6.45, 7) is 0.873. The average Bonchev–Trinajstić information content (AvgIpc) is 3.33. The van der Waals surface area contributed by atoms with E-state index in [0.29, 0.717) is 6.42 Å². The first kappa shape index (κ1) is 23.7. The van der Waals surface area contributed by atoms with E-state index in [0.717, 1.165) is 30.2 Å². The predicted octanol–water partition coefficient (Wildman–Crippen LogP) is 3.74. The number of carbonyl (C=O) groups excluding carboxylic acids is 1. The summed E-state index contributed by atoms with van der Waals surface area (Å²) in [5.41, 5.74) is 1.22. The van der Waals surface area contributed by atoms with Gasteiger partial charge in [0.15, 0.2) is 0 Å². The van der Waals surface area contributed by atoms with Crippen molar-refractivity contribution in [2.24, 2.45) is 0 Å². The number of carbonyl (C=O) groups is 1. The summed E-state index contributed by atoms with van der Waals surface area (Å²) in [4.78, 5) is 12.0. The largest absolute Gasteiger partial charge is 0.490 e. The molecule has 1 saturated heterocycles. The van der Waals surface area contributed by atoms with Crippen LogP contribution in [0.15, 0.2) is 47.4 Å². The van der Waals surface area contributed by atoms with Crippen LogP contribution in [0.3, 0.4) is 0 Å². The van der Waals surface area contributed by atoms with E-state index < -0.39 is 20.7 Å². The maximum atomic E-state index is 14.3. The van der Waals surface area contributed by atoms with Gasteiger partial charge in [0.25, 0.3) is 0 Å². The number of ether oxygens (including phenoxy) is 2. The van der Waals surface area contributed by atoms with Crippen molar-refractivity contribution in [3.63, 3.8) is 0 Å². The second-order valence-corrected chi connectivity index (χ2v) is 10.3. The summed E-state index contributed by atoms with van der Waals surface area (Å²) < 4.78 is 52.4. The molecule has 1 N–H and O–H groups in total. The van der Waals surface area contributed by atoms with Crippen molar-refractivity contribution in [1.82, 2.24) is 4.31 Å². The number of benzene rings is 2. The van der Waals surface area contributed by atoms with Gasteiger partial charge in [-0.1, -0.05) is 12.1 Å². The lowest BCUT2D eigenvalue weighted by Crippen LogP contribution is -2.40. The van der Waals surface area contributed by atoms with Crippen molar-refractivity contribution in [3.05, 3.63) is 53.8 Å². The van der Waals surface area contributed by atoms with Crippen LogP contribution in [0.4, 0.5) is 10.1 Å². The van der Waals surface area contributed by atoms with Crippen molar-refractivity contribution in [2.75, 3.05) is 31.6 Å². The molecule has 33 heavy (non-hydrogen) atoms. The van der Waals surface area contributed by atoms with Crippen LogP contribution >= 0.6 is 0 Å². The van der Waals surface area contributed by atoms with Crippen molar-refractivity contribution in [3.8, 4) is 5.75 Å². The Labute approximate surface area is 193 Å². The summed E-state index contributed by atoms with van der Waals surface area (Å²) in [6.07, 6.45) is 5.53. The Morgan fingerprint density at radius 3 is 2.64 bits per heavy atom. The van der Waals surface area contributed by atoms with Gasteiger partial charge in [-0.3, -0.25) is 4.79 Å². The molecule has 2 fully saturated rings. The lowest BCUT2D eigenvalue weighted by atomic mass is 10.1. The van der Waals surface area contributed by atoms with Crippen LogP contribution in [0, 0.1) is 5.82 Å². The first-order valence-electron chi connectivity index (χ1n) is 11.3. The smallest absolute Gasteiger partial charge is 0.246 e. The monoisotopic (exact) mass is 476 g/mol. The zero-order valence-corrected chi connectivity index (χ0v) is 19.3. The number of nitrogens with one attached hydrogen (secondary N) is 1. The van der Waals surface area contributed by atoms with Gasteiger partial charge in [0.05, 0.1) is 19.3 Å². The van der Waals surface area contributed by atoms with Crippen LogP contribution in [0.25, 0.3) is 0 Å². The highest BCUT2D eigenvalue weighted by atomic mass is 32.2. The fraction of sp³-hybridized carbons (Fsp3) is 0.458. The third kappa shape index (κ3) is 6.10. The van der Waals surface area contributed by atoms with E-state index in [1.54, 1.807) is 0 Å². The average molecular weight is 477 g/mol. The quantitative estimate of drug-likeness (QED) is 0.628. The third-order valence-electron chi connectivity index (χ3n) is 5.95. The molecule has 0 bridgehead atoms. The van der Waals surface area contributed by atoms with Crippen LogP contribution in [0.5, 0.6) is 5.75 Å². The molecule has 0 atom stereocenters. The molecule has 1 amide bonds. The van der Waals surface area contributed by atoms with E-state index in [2.05, 4.69) is 5.32 Å². The lowest BCUT2D eigenvalue weighted by molar-refractivity contribution is -0.116. The summed E-state index contributed by atoms with van der Waals surface area (Å²) in [6, 6.07) is 11.3. The second-order valence-electron chi connectivity index (χ2n) is 8.38. The number of hydrogen-bond donors (Lipinski definition) is 1. The predicted molar refractivity (Wildman–Crippen MR) is 122 cm³/mol. The Kier molecular flexibility index (Phi) is 7.62. The van der Waals surface area contributed by atoms with Crippen LogP contribution < -0.4 is 10.1 Å². The molecule has 9 heteroatoms. The van der Waals surface area contributed by atoms with Crippen molar-refractivity contribution in [1.29, 1.82) is 0 Å². The Hall–Kier alpha value is -2.49. The highest BCUT2D eigenvalue weighted by Crippen LogP contribution is 2.26. The molecule has 0 unspecified atom stereocenters. The Morgan fingerprint density at radius 1 is 1.12 bits per heavy atom. The van der Waals surface area contributed by atoms with Gasteiger partial charge >= 0.3 is 0 Å². The van der Waals surface area contributed by atoms with Crippen LogP contribution in [-0.2, 0) is 26.0 Å². The Balaban J connectivity index is 1.36. The summed E-state index contributed by atoms with van der Waals surface area (Å²) in [5, 5.41) is 2.68. The number of sulfonamides is 1. The molecule has 7 nitrogen and oxygen atoms in total. The number of nitrogens with zero attached hydrogens (tertiary/aromatic N) is 1. The molecule has 1 saturated carbocycles. The maximum Gasteiger partial charge on any atom is 0.246 e. The number of morpholine rings is 1. The molecule has 2 aromatic rings. The molecule has 4 rings (SSSR count). The number of halogens is 1. The molecule has 1 aliphatic heterocycles. The van der Waals surface area contributed by atoms with Gasteiger partial charge in [0.1, 0.15) is 16.5 Å². The molecule has 1 heterocycles. The number of anilines is 1. The van der Waals surface area contributed by atoms with Crippen LogP contribution in [0.1, 0.15) is 37.7 Å². The minimum absolute atomic E-state index is 0.169. The molecule has 0 radical (unpaired) electrons. The lowest BCUT2D eigenvalue weighted by Gasteiger charge is -2.26. The molecule has 0 spiro atoms. The zero-order chi connectivity index (χ0) is 23.3. The fourth-order valence-corrected chi connectivity index (χ4v) is 5.66. The molecule has 2 aromatic carbocycles. The van der Waals surface area contributed by atoms with E-state index in [-0.39, 0.29) is 50.4 Å². The van der Waals surface area contributed by atoms with Crippen molar-refractivity contribution in [2.45, 2.75) is 49.5 Å². The standard InChI is InChI=1S/C24H29FN2O5S/c25-22-10-9-19(17-23(22)33(29,30)27-12-14-31-15-13-27)26-24(28)11-8-18-4-3-7-21(16-18)32-20-5-1-2-6-20/h3-4,7,9-10,16-17,20H,1-2,5-6,8,11-15H2,(H,26,28). The minimum atomic E-state index is -4.01. The van der Waals surface area contributed by atoms with Crippen molar-refractivity contribution >= 4 is 21.6 Å². The van der Waals surface area contributed by atoms with E-state index in [4.69, 9.17) is 9.47 Å². The third-order valence-corrected chi connectivity index (χ3v) is 7.86. The van der Waals surface area contributed by atoms with Gasteiger partial charge in [-0.05, 0) is 68.0 Å². The molecule has 1 aliphatic carbocycles. The highest BCUT2D eigenvalue weighted by Gasteiger charge is 2.29. The normalized spacial score (nSPS) is 17.7. The van der Waals surface area contributed by atoms with E-state index in [1.807, 2.05) is 24.3 Å². The van der Waals surface area contributed by atoms with Gasteiger partial charge < -0.3 is 14.8 Å². The summed E-state index contributed by atoms with van der Waals surface area (Å²) in [5.74, 6) is -0.312. The molecular formula is C24H29FN2O5S. The molecular weight excluding hydrogens is 447 g/mol. The first-order valence-corrected chi connectivity index (χ1v) is 12.8. The number of hydrogen-bond acceptors (Lipinski definition) is 5. The summed E-state index contributed by atoms with van der Waals surface area (Å²) in [7, 11) is -4.01. The van der Waals surface area contributed by atoms with Gasteiger partial charge in [-0.25, -0.2) is 12.8 Å². The topological polar surface area (TPSA) is 84.9 Å². The molecule has 178 valence electrons. The number of aryl methyl sites for hydroxylation is 1. The van der Waals surface area contributed by atoms with Gasteiger partial charge in [0, 0.05) is 25.2 Å². The van der Waals surface area contributed by atoms with Crippen LogP contribution in [0.2, 0.25) is 0 Å². The van der Waals surface area contributed by atoms with E-state index in [9.17, 15) is 17.6 Å². The Bertz CT molecular complexity index is 1080. The maximum absolute atomic E-state index is 14.3. The van der Waals surface area contributed by atoms with Gasteiger partial charge in [0.2, 0.25) is 15.9 Å². The second kappa shape index (κ2) is 10.6.